The molecule has 0 radical (unpaired) electrons. The number of nitrogens with one attached hydrogen (secondary N) is 2. The molecule has 0 unspecified atom stereocenters. The van der Waals surface area contributed by atoms with Crippen LogP contribution in [0.3, 0.4) is 0 Å². The van der Waals surface area contributed by atoms with Crippen molar-refractivity contribution in [1.82, 2.24) is 10.3 Å². The van der Waals surface area contributed by atoms with Gasteiger partial charge in [0.1, 0.15) is 0 Å². The summed E-state index contributed by atoms with van der Waals surface area (Å²) in [5, 5.41) is 5.94. The van der Waals surface area contributed by atoms with E-state index in [4.69, 9.17) is 18.9 Å². The number of benzene rings is 1. The zero-order chi connectivity index (χ0) is 18.9. The minimum atomic E-state index is -0.219. The molecule has 0 atom stereocenters. The van der Waals surface area contributed by atoms with Gasteiger partial charge in [-0.1, -0.05) is 0 Å². The van der Waals surface area contributed by atoms with Crippen molar-refractivity contribution in [3.63, 3.8) is 0 Å². The van der Waals surface area contributed by atoms with Crippen LogP contribution in [0, 0.1) is 0 Å². The highest BCUT2D eigenvalue weighted by atomic mass is 16.5. The molecule has 140 valence electrons. The van der Waals surface area contributed by atoms with E-state index in [1.165, 1.54) is 6.20 Å². The molecule has 1 heterocycles. The molecule has 0 aliphatic rings. The summed E-state index contributed by atoms with van der Waals surface area (Å²) in [6.45, 7) is 0.877. The van der Waals surface area contributed by atoms with Gasteiger partial charge in [0.2, 0.25) is 5.75 Å². The number of ether oxygens (including phenoxy) is 4. The fourth-order valence-electron chi connectivity index (χ4n) is 2.32. The van der Waals surface area contributed by atoms with E-state index in [1.807, 2.05) is 0 Å². The monoisotopic (exact) mass is 361 g/mol. The SMILES string of the molecule is COCCNC(=O)c1cncc(Nc2cc(OC)c(OC)c(OC)c2)c1. The van der Waals surface area contributed by atoms with Gasteiger partial charge in [-0.15, -0.1) is 0 Å². The largest absolute Gasteiger partial charge is 0.493 e. The molecule has 0 aliphatic heterocycles. The van der Waals surface area contributed by atoms with Crippen molar-refractivity contribution in [3.05, 3.63) is 36.2 Å². The highest BCUT2D eigenvalue weighted by Crippen LogP contribution is 2.40. The summed E-state index contributed by atoms with van der Waals surface area (Å²) in [4.78, 5) is 16.2. The Balaban J connectivity index is 2.21. The highest BCUT2D eigenvalue weighted by Gasteiger charge is 2.14. The summed E-state index contributed by atoms with van der Waals surface area (Å²) in [5.74, 6) is 1.33. The number of methoxy groups -OCH3 is 4. The van der Waals surface area contributed by atoms with Gasteiger partial charge >= 0.3 is 0 Å². The molecular weight excluding hydrogens is 338 g/mol. The van der Waals surface area contributed by atoms with Gasteiger partial charge < -0.3 is 29.6 Å². The van der Waals surface area contributed by atoms with Gasteiger partial charge in [-0.2, -0.15) is 0 Å². The molecular formula is C18H23N3O5. The van der Waals surface area contributed by atoms with E-state index in [9.17, 15) is 4.79 Å². The fourth-order valence-corrected chi connectivity index (χ4v) is 2.32. The Labute approximate surface area is 152 Å². The number of hydrogen-bond acceptors (Lipinski definition) is 7. The maximum Gasteiger partial charge on any atom is 0.253 e. The van der Waals surface area contributed by atoms with E-state index in [1.54, 1.807) is 52.8 Å². The van der Waals surface area contributed by atoms with Crippen LogP contribution in [0.4, 0.5) is 11.4 Å². The first-order chi connectivity index (χ1) is 12.6. The Morgan fingerprint density at radius 3 is 2.23 bits per heavy atom. The Morgan fingerprint density at radius 1 is 0.962 bits per heavy atom. The third kappa shape index (κ3) is 4.76. The standard InChI is InChI=1S/C18H23N3O5/c1-23-6-5-20-18(22)12-7-14(11-19-10-12)21-13-8-15(24-2)17(26-4)16(9-13)25-3/h7-11,21H,5-6H2,1-4H3,(H,20,22). The average molecular weight is 361 g/mol. The number of nitrogens with zero attached hydrogens (tertiary/aromatic N) is 1. The Hall–Kier alpha value is -3.00. The topological polar surface area (TPSA) is 90.9 Å². The molecule has 1 amide bonds. The summed E-state index contributed by atoms with van der Waals surface area (Å²) in [6, 6.07) is 5.25. The highest BCUT2D eigenvalue weighted by molar-refractivity contribution is 5.94. The van der Waals surface area contributed by atoms with E-state index < -0.39 is 0 Å². The van der Waals surface area contributed by atoms with E-state index >= 15 is 0 Å². The second kappa shape index (κ2) is 9.47. The molecule has 8 nitrogen and oxygen atoms in total. The van der Waals surface area contributed by atoms with Gasteiger partial charge in [-0.25, -0.2) is 0 Å². The Kier molecular flexibility index (Phi) is 7.04. The number of pyridine rings is 1. The number of aromatic nitrogens is 1. The molecule has 2 N–H and O–H groups in total. The van der Waals surface area contributed by atoms with Crippen LogP contribution >= 0.6 is 0 Å². The Bertz CT molecular complexity index is 726. The lowest BCUT2D eigenvalue weighted by atomic mass is 10.2. The third-order valence-corrected chi connectivity index (χ3v) is 3.55. The summed E-state index contributed by atoms with van der Waals surface area (Å²) in [7, 11) is 6.22. The van der Waals surface area contributed by atoms with E-state index in [0.29, 0.717) is 47.3 Å². The first-order valence-corrected chi connectivity index (χ1v) is 7.92. The van der Waals surface area contributed by atoms with Gasteiger partial charge in [-0.05, 0) is 6.07 Å². The van der Waals surface area contributed by atoms with Crippen molar-refractivity contribution in [2.45, 2.75) is 0 Å². The van der Waals surface area contributed by atoms with Gasteiger partial charge in [0.25, 0.3) is 5.91 Å². The zero-order valence-electron chi connectivity index (χ0n) is 15.3. The van der Waals surface area contributed by atoms with Gasteiger partial charge in [0.15, 0.2) is 11.5 Å². The lowest BCUT2D eigenvalue weighted by molar-refractivity contribution is 0.0937. The van der Waals surface area contributed by atoms with Crippen LogP contribution in [-0.2, 0) is 4.74 Å². The predicted molar refractivity (Wildman–Crippen MR) is 97.8 cm³/mol. The second-order valence-corrected chi connectivity index (χ2v) is 5.25. The normalized spacial score (nSPS) is 10.2. The molecule has 2 rings (SSSR count). The van der Waals surface area contributed by atoms with Crippen LogP contribution in [-0.4, -0.2) is 52.5 Å². The minimum absolute atomic E-state index is 0.219. The van der Waals surface area contributed by atoms with Gasteiger partial charge in [0, 0.05) is 37.7 Å². The van der Waals surface area contributed by atoms with Crippen molar-refractivity contribution in [3.8, 4) is 17.2 Å². The maximum atomic E-state index is 12.1. The second-order valence-electron chi connectivity index (χ2n) is 5.25. The molecule has 0 saturated heterocycles. The number of anilines is 2. The number of rotatable bonds is 9. The molecule has 2 aromatic rings. The summed E-state index contributed by atoms with van der Waals surface area (Å²) < 4.78 is 20.9. The summed E-state index contributed by atoms with van der Waals surface area (Å²) >= 11 is 0. The average Bonchev–Trinajstić information content (AvgIpc) is 2.67. The molecule has 0 aliphatic carbocycles. The predicted octanol–water partition coefficient (Wildman–Crippen LogP) is 2.23. The number of carbonyl (C=O) groups excluding carboxylic acids is 1. The maximum absolute atomic E-state index is 12.1. The molecule has 1 aromatic heterocycles. The lowest BCUT2D eigenvalue weighted by Gasteiger charge is -2.15. The van der Waals surface area contributed by atoms with E-state index in [0.717, 1.165) is 0 Å². The van der Waals surface area contributed by atoms with Crippen LogP contribution in [0.5, 0.6) is 17.2 Å². The van der Waals surface area contributed by atoms with Crippen molar-refractivity contribution in [1.29, 1.82) is 0 Å². The van der Waals surface area contributed by atoms with Crippen molar-refractivity contribution in [2.24, 2.45) is 0 Å². The van der Waals surface area contributed by atoms with Crippen LogP contribution in [0.1, 0.15) is 10.4 Å². The van der Waals surface area contributed by atoms with Crippen molar-refractivity contribution >= 4 is 17.3 Å². The molecule has 0 fully saturated rings. The molecule has 0 bridgehead atoms. The summed E-state index contributed by atoms with van der Waals surface area (Å²) in [6.07, 6.45) is 3.12. The van der Waals surface area contributed by atoms with Crippen LogP contribution in [0.15, 0.2) is 30.6 Å². The fraction of sp³-hybridized carbons (Fsp3) is 0.333. The molecule has 8 heteroatoms. The van der Waals surface area contributed by atoms with E-state index in [-0.39, 0.29) is 5.91 Å². The van der Waals surface area contributed by atoms with E-state index in [2.05, 4.69) is 15.6 Å². The van der Waals surface area contributed by atoms with Gasteiger partial charge in [0.05, 0.1) is 45.4 Å². The minimum Gasteiger partial charge on any atom is -0.493 e. The quantitative estimate of drug-likeness (QED) is 0.662. The number of amides is 1. The Morgan fingerprint density at radius 2 is 1.65 bits per heavy atom. The van der Waals surface area contributed by atoms with Crippen LogP contribution < -0.4 is 24.8 Å². The third-order valence-electron chi connectivity index (χ3n) is 3.55. The molecule has 0 spiro atoms. The number of carbonyl (C=O) groups is 1. The zero-order valence-corrected chi connectivity index (χ0v) is 15.3. The van der Waals surface area contributed by atoms with Crippen molar-refractivity contribution in [2.75, 3.05) is 46.9 Å². The molecule has 0 saturated carbocycles. The molecule has 1 aromatic carbocycles. The van der Waals surface area contributed by atoms with Crippen LogP contribution in [0.25, 0.3) is 0 Å². The lowest BCUT2D eigenvalue weighted by Crippen LogP contribution is -2.27. The number of hydrogen-bond donors (Lipinski definition) is 2. The van der Waals surface area contributed by atoms with Crippen molar-refractivity contribution < 1.29 is 23.7 Å². The first-order valence-electron chi connectivity index (χ1n) is 7.92. The van der Waals surface area contributed by atoms with Crippen LogP contribution in [0.2, 0.25) is 0 Å². The molecule has 26 heavy (non-hydrogen) atoms. The van der Waals surface area contributed by atoms with Gasteiger partial charge in [-0.3, -0.25) is 9.78 Å². The summed E-state index contributed by atoms with van der Waals surface area (Å²) in [5.41, 5.74) is 1.80. The first kappa shape index (κ1) is 19.3. The smallest absolute Gasteiger partial charge is 0.253 e.